The van der Waals surface area contributed by atoms with Gasteiger partial charge in [-0.05, 0) is 89.4 Å². The van der Waals surface area contributed by atoms with Gasteiger partial charge in [-0.25, -0.2) is 0 Å². The van der Waals surface area contributed by atoms with Crippen LogP contribution in [-0.4, -0.2) is 19.5 Å². The molecule has 0 aliphatic heterocycles. The van der Waals surface area contributed by atoms with Crippen molar-refractivity contribution in [2.75, 3.05) is 7.11 Å². The van der Waals surface area contributed by atoms with Crippen LogP contribution in [0.25, 0.3) is 0 Å². The lowest BCUT2D eigenvalue weighted by molar-refractivity contribution is -0.104. The van der Waals surface area contributed by atoms with Crippen molar-refractivity contribution in [3.05, 3.63) is 118 Å². The van der Waals surface area contributed by atoms with Crippen molar-refractivity contribution >= 4 is 6.29 Å². The van der Waals surface area contributed by atoms with E-state index in [4.69, 9.17) is 4.74 Å². The van der Waals surface area contributed by atoms with Gasteiger partial charge < -0.3 is 4.74 Å². The van der Waals surface area contributed by atoms with Gasteiger partial charge in [-0.3, -0.25) is 4.79 Å². The van der Waals surface area contributed by atoms with Crippen LogP contribution in [0, 0.1) is 5.41 Å². The van der Waals surface area contributed by atoms with Gasteiger partial charge in [0.1, 0.15) is 6.29 Å². The van der Waals surface area contributed by atoms with Gasteiger partial charge in [0.25, 0.3) is 0 Å². The third-order valence-corrected chi connectivity index (χ3v) is 6.95. The van der Waals surface area contributed by atoms with Crippen molar-refractivity contribution in [3.8, 4) is 0 Å². The molecule has 0 fully saturated rings. The standard InChI is InChI=1S/C36H50O2/c1-28(16-12-17-29(2)22-24-34-32(5)21-14-26-36(34,7)8)15-10-11-20-33(6)35(38-9)25-23-30(3)18-13-19-31(4)27-37/h10-13,15-20,22-24,27,35H,14,21,25-26H2,1-9H3/b11-10+,16-12+,18-13+,24-22+,28-15+,29-17+,30-23+,31-19+,33-20+. The first-order valence-corrected chi connectivity index (χ1v) is 13.7. The number of methoxy groups -OCH3 is 1. The van der Waals surface area contributed by atoms with E-state index in [1.807, 2.05) is 18.2 Å². The minimum atomic E-state index is 0.0279. The summed E-state index contributed by atoms with van der Waals surface area (Å²) in [5, 5.41) is 0. The SMILES string of the molecule is COC(C/C=C(C)/C=C/C=C(\C)C=O)/C(C)=C/C=C/C=C(C)/C=C/C=C(C)/C=C/C1=C(C)CCCC1(C)C. The summed E-state index contributed by atoms with van der Waals surface area (Å²) >= 11 is 0. The van der Waals surface area contributed by atoms with E-state index < -0.39 is 0 Å². The molecule has 0 saturated heterocycles. The number of rotatable bonds is 13. The molecule has 0 aromatic carbocycles. The Balaban J connectivity index is 2.69. The summed E-state index contributed by atoms with van der Waals surface area (Å²) in [7, 11) is 1.74. The second-order valence-corrected chi connectivity index (χ2v) is 11.0. The van der Waals surface area contributed by atoms with Crippen molar-refractivity contribution in [2.45, 2.75) is 87.2 Å². The normalized spacial score (nSPS) is 19.6. The van der Waals surface area contributed by atoms with E-state index >= 15 is 0 Å². The first kappa shape index (κ1) is 33.1. The van der Waals surface area contributed by atoms with Gasteiger partial charge in [-0.15, -0.1) is 0 Å². The van der Waals surface area contributed by atoms with Crippen LogP contribution in [0.4, 0.5) is 0 Å². The van der Waals surface area contributed by atoms with Gasteiger partial charge in [0.05, 0.1) is 6.10 Å². The highest BCUT2D eigenvalue weighted by Gasteiger charge is 2.26. The van der Waals surface area contributed by atoms with Crippen LogP contribution in [-0.2, 0) is 9.53 Å². The third kappa shape index (κ3) is 13.0. The van der Waals surface area contributed by atoms with E-state index in [0.717, 1.165) is 18.3 Å². The summed E-state index contributed by atoms with van der Waals surface area (Å²) in [5.41, 5.74) is 8.78. The predicted octanol–water partition coefficient (Wildman–Crippen LogP) is 10.1. The molecule has 2 nitrogen and oxygen atoms in total. The van der Waals surface area contributed by atoms with Crippen LogP contribution in [0.2, 0.25) is 0 Å². The first-order valence-electron chi connectivity index (χ1n) is 13.7. The Bertz CT molecular complexity index is 1090. The van der Waals surface area contributed by atoms with E-state index in [2.05, 4.69) is 109 Å². The summed E-state index contributed by atoms with van der Waals surface area (Å²) in [4.78, 5) is 10.7. The van der Waals surface area contributed by atoms with Crippen molar-refractivity contribution in [2.24, 2.45) is 5.41 Å². The molecule has 0 N–H and O–H groups in total. The van der Waals surface area contributed by atoms with Crippen LogP contribution in [0.15, 0.2) is 118 Å². The van der Waals surface area contributed by atoms with Crippen LogP contribution in [0.5, 0.6) is 0 Å². The van der Waals surface area contributed by atoms with E-state index in [1.165, 1.54) is 47.1 Å². The lowest BCUT2D eigenvalue weighted by atomic mass is 9.72. The Hall–Kier alpha value is -2.97. The minimum absolute atomic E-state index is 0.0279. The molecule has 1 rings (SSSR count). The molecule has 1 unspecified atom stereocenters. The molecule has 0 radical (unpaired) electrons. The molecular weight excluding hydrogens is 464 g/mol. The Morgan fingerprint density at radius 2 is 1.42 bits per heavy atom. The van der Waals surface area contributed by atoms with Gasteiger partial charge in [0, 0.05) is 7.11 Å². The molecule has 0 amide bonds. The second-order valence-electron chi connectivity index (χ2n) is 11.0. The smallest absolute Gasteiger partial charge is 0.145 e. The maximum absolute atomic E-state index is 10.7. The minimum Gasteiger partial charge on any atom is -0.377 e. The Morgan fingerprint density at radius 1 is 0.842 bits per heavy atom. The highest BCUT2D eigenvalue weighted by molar-refractivity contribution is 5.72. The third-order valence-electron chi connectivity index (χ3n) is 6.95. The Labute approximate surface area is 233 Å². The second kappa shape index (κ2) is 17.5. The average molecular weight is 515 g/mol. The molecule has 0 heterocycles. The summed E-state index contributed by atoms with van der Waals surface area (Å²) in [5.74, 6) is 0. The topological polar surface area (TPSA) is 26.3 Å². The molecule has 2 heteroatoms. The van der Waals surface area contributed by atoms with Crippen molar-refractivity contribution < 1.29 is 9.53 Å². The monoisotopic (exact) mass is 514 g/mol. The maximum atomic E-state index is 10.7. The fourth-order valence-electron chi connectivity index (χ4n) is 4.43. The summed E-state index contributed by atoms with van der Waals surface area (Å²) < 4.78 is 5.68. The number of carbonyl (C=O) groups excluding carboxylic acids is 1. The van der Waals surface area contributed by atoms with Crippen molar-refractivity contribution in [1.29, 1.82) is 0 Å². The molecule has 0 bridgehead atoms. The van der Waals surface area contributed by atoms with Gasteiger partial charge in [-0.2, -0.15) is 0 Å². The molecule has 38 heavy (non-hydrogen) atoms. The molecule has 1 aliphatic carbocycles. The first-order chi connectivity index (χ1) is 18.0. The predicted molar refractivity (Wildman–Crippen MR) is 167 cm³/mol. The van der Waals surface area contributed by atoms with Gasteiger partial charge in [-0.1, -0.05) is 115 Å². The molecular formula is C36H50O2. The maximum Gasteiger partial charge on any atom is 0.145 e. The van der Waals surface area contributed by atoms with E-state index in [0.29, 0.717) is 5.57 Å². The zero-order chi connectivity index (χ0) is 28.6. The van der Waals surface area contributed by atoms with E-state index in [-0.39, 0.29) is 11.5 Å². The zero-order valence-electron chi connectivity index (χ0n) is 25.3. The zero-order valence-corrected chi connectivity index (χ0v) is 25.3. The van der Waals surface area contributed by atoms with Crippen LogP contribution in [0.1, 0.15) is 81.1 Å². The largest absolute Gasteiger partial charge is 0.377 e. The number of ether oxygens (including phenoxy) is 1. The van der Waals surface area contributed by atoms with Crippen LogP contribution >= 0.6 is 0 Å². The van der Waals surface area contributed by atoms with Gasteiger partial charge in [0.2, 0.25) is 0 Å². The quantitative estimate of drug-likeness (QED) is 0.139. The van der Waals surface area contributed by atoms with Gasteiger partial charge in [0.15, 0.2) is 0 Å². The number of allylic oxidation sites excluding steroid dienone is 18. The van der Waals surface area contributed by atoms with Crippen LogP contribution < -0.4 is 0 Å². The summed E-state index contributed by atoms with van der Waals surface area (Å²) in [6, 6.07) is 0. The highest BCUT2D eigenvalue weighted by Crippen LogP contribution is 2.40. The van der Waals surface area contributed by atoms with Crippen molar-refractivity contribution in [3.63, 3.8) is 0 Å². The highest BCUT2D eigenvalue weighted by atomic mass is 16.5. The average Bonchev–Trinajstić information content (AvgIpc) is 2.86. The lowest BCUT2D eigenvalue weighted by Crippen LogP contribution is -2.19. The Morgan fingerprint density at radius 3 is 2.05 bits per heavy atom. The van der Waals surface area contributed by atoms with Crippen molar-refractivity contribution in [1.82, 2.24) is 0 Å². The molecule has 1 atom stereocenters. The fraction of sp³-hybridized carbons (Fsp3) is 0.417. The molecule has 0 spiro atoms. The molecule has 0 aromatic heterocycles. The number of aldehydes is 1. The van der Waals surface area contributed by atoms with E-state index in [1.54, 1.807) is 14.0 Å². The summed E-state index contributed by atoms with van der Waals surface area (Å²) in [6.07, 6.45) is 32.7. The molecule has 0 saturated carbocycles. The summed E-state index contributed by atoms with van der Waals surface area (Å²) in [6.45, 7) is 17.2. The lowest BCUT2D eigenvalue weighted by Gasteiger charge is -2.32. The molecule has 0 aromatic rings. The molecule has 1 aliphatic rings. The number of hydrogen-bond donors (Lipinski definition) is 0. The Kier molecular flexibility index (Phi) is 15.2. The van der Waals surface area contributed by atoms with Gasteiger partial charge >= 0.3 is 0 Å². The fourth-order valence-corrected chi connectivity index (χ4v) is 4.43. The van der Waals surface area contributed by atoms with E-state index in [9.17, 15) is 4.79 Å². The molecule has 206 valence electrons. The number of carbonyl (C=O) groups is 1. The number of hydrogen-bond acceptors (Lipinski definition) is 2. The van der Waals surface area contributed by atoms with Crippen LogP contribution in [0.3, 0.4) is 0 Å².